The van der Waals surface area contributed by atoms with E-state index in [2.05, 4.69) is 19.2 Å². The van der Waals surface area contributed by atoms with Gasteiger partial charge in [-0.25, -0.2) is 4.39 Å². The third kappa shape index (κ3) is 3.97. The van der Waals surface area contributed by atoms with Crippen LogP contribution in [0.25, 0.3) is 0 Å². The molecule has 2 aliphatic heterocycles. The lowest BCUT2D eigenvalue weighted by Gasteiger charge is -2.45. The topological polar surface area (TPSA) is 49.4 Å². The number of hydrogen-bond acceptors (Lipinski definition) is 3. The zero-order valence-electron chi connectivity index (χ0n) is 16.1. The highest BCUT2D eigenvalue weighted by molar-refractivity contribution is 6.11. The van der Waals surface area contributed by atoms with Gasteiger partial charge in [-0.1, -0.05) is 38.8 Å². The highest BCUT2D eigenvalue weighted by Gasteiger charge is 2.40. The Morgan fingerprint density at radius 3 is 2.48 bits per heavy atom. The molecule has 0 saturated carbocycles. The predicted octanol–water partition coefficient (Wildman–Crippen LogP) is 4.20. The van der Waals surface area contributed by atoms with E-state index in [1.807, 2.05) is 0 Å². The van der Waals surface area contributed by atoms with Gasteiger partial charge < -0.3 is 5.32 Å². The van der Waals surface area contributed by atoms with Crippen LogP contribution in [0.3, 0.4) is 0 Å². The molecule has 144 valence electrons. The van der Waals surface area contributed by atoms with Crippen LogP contribution in [0.1, 0.15) is 56.3 Å². The van der Waals surface area contributed by atoms with E-state index in [0.29, 0.717) is 23.5 Å². The molecule has 27 heavy (non-hydrogen) atoms. The highest BCUT2D eigenvalue weighted by atomic mass is 19.1. The van der Waals surface area contributed by atoms with Crippen LogP contribution in [0.4, 0.5) is 4.39 Å². The van der Waals surface area contributed by atoms with Crippen LogP contribution < -0.4 is 5.32 Å². The van der Waals surface area contributed by atoms with Gasteiger partial charge in [0.05, 0.1) is 5.57 Å². The van der Waals surface area contributed by atoms with E-state index in [1.165, 1.54) is 24.3 Å². The minimum atomic E-state index is -0.378. The second-order valence-electron chi connectivity index (χ2n) is 7.54. The van der Waals surface area contributed by atoms with E-state index < -0.39 is 0 Å². The van der Waals surface area contributed by atoms with E-state index in [1.54, 1.807) is 17.1 Å². The van der Waals surface area contributed by atoms with Gasteiger partial charge >= 0.3 is 0 Å². The van der Waals surface area contributed by atoms with Crippen LogP contribution in [-0.4, -0.2) is 29.7 Å². The number of halogens is 1. The molecule has 4 nitrogen and oxygen atoms in total. The number of carbonyl (C=O) groups excluding carboxylic acids is 2. The number of ketones is 1. The van der Waals surface area contributed by atoms with Gasteiger partial charge in [0, 0.05) is 30.5 Å². The molecule has 1 aromatic rings. The standard InChI is InChI=1S/C22H27FN2O2/c1-3-12-22(13-4-2)14-24-21-18(6-5-7-19(26)25(21)15-22)20(27)16-8-10-17(23)11-9-16/h5-6,8-11,24H,3-4,7,12-15H2,1-2H3. The second-order valence-corrected chi connectivity index (χ2v) is 7.54. The molecule has 0 unspecified atom stereocenters. The van der Waals surface area contributed by atoms with Gasteiger partial charge in [-0.2, -0.15) is 0 Å². The van der Waals surface area contributed by atoms with Crippen molar-refractivity contribution >= 4 is 11.7 Å². The number of rotatable bonds is 6. The van der Waals surface area contributed by atoms with E-state index in [9.17, 15) is 14.0 Å². The van der Waals surface area contributed by atoms with Crippen molar-refractivity contribution in [2.75, 3.05) is 13.1 Å². The molecule has 5 heteroatoms. The molecule has 0 aliphatic carbocycles. The molecule has 3 rings (SSSR count). The average molecular weight is 370 g/mol. The Labute approximate surface area is 160 Å². The van der Waals surface area contributed by atoms with E-state index in [4.69, 9.17) is 0 Å². The van der Waals surface area contributed by atoms with Crippen molar-refractivity contribution in [2.45, 2.75) is 46.0 Å². The predicted molar refractivity (Wildman–Crippen MR) is 103 cm³/mol. The maximum absolute atomic E-state index is 13.2. The van der Waals surface area contributed by atoms with Crippen LogP contribution in [0.15, 0.2) is 47.8 Å². The Morgan fingerprint density at radius 2 is 1.85 bits per heavy atom. The molecular weight excluding hydrogens is 343 g/mol. The first-order chi connectivity index (χ1) is 13.0. The van der Waals surface area contributed by atoms with Crippen LogP contribution >= 0.6 is 0 Å². The third-order valence-corrected chi connectivity index (χ3v) is 5.44. The lowest BCUT2D eigenvalue weighted by atomic mass is 9.77. The SMILES string of the molecule is CCCC1(CCC)CNC2=C(C(=O)c3ccc(F)cc3)C=CCC(=O)N2C1. The molecule has 0 atom stereocenters. The largest absolute Gasteiger partial charge is 0.370 e. The van der Waals surface area contributed by atoms with Crippen LogP contribution in [0.2, 0.25) is 0 Å². The summed E-state index contributed by atoms with van der Waals surface area (Å²) in [4.78, 5) is 27.5. The third-order valence-electron chi connectivity index (χ3n) is 5.44. The molecule has 1 aromatic carbocycles. The van der Waals surface area contributed by atoms with Gasteiger partial charge in [0.1, 0.15) is 11.6 Å². The van der Waals surface area contributed by atoms with Crippen molar-refractivity contribution in [3.63, 3.8) is 0 Å². The molecule has 2 aliphatic rings. The van der Waals surface area contributed by atoms with E-state index >= 15 is 0 Å². The van der Waals surface area contributed by atoms with Gasteiger partial charge in [-0.15, -0.1) is 0 Å². The lowest BCUT2D eigenvalue weighted by Crippen LogP contribution is -2.54. The molecule has 0 bridgehead atoms. The van der Waals surface area contributed by atoms with Crippen molar-refractivity contribution in [2.24, 2.45) is 5.41 Å². The van der Waals surface area contributed by atoms with Crippen LogP contribution in [0, 0.1) is 11.2 Å². The normalized spacial score (nSPS) is 18.8. The average Bonchev–Trinajstić information content (AvgIpc) is 2.81. The molecular formula is C22H27FN2O2. The number of amides is 1. The molecule has 2 heterocycles. The number of hydrogen-bond donors (Lipinski definition) is 1. The highest BCUT2D eigenvalue weighted by Crippen LogP contribution is 2.36. The molecule has 1 N–H and O–H groups in total. The molecule has 1 saturated heterocycles. The molecule has 0 aromatic heterocycles. The van der Waals surface area contributed by atoms with E-state index in [-0.39, 0.29) is 29.3 Å². The number of carbonyl (C=O) groups is 2. The summed E-state index contributed by atoms with van der Waals surface area (Å²) in [6.07, 6.45) is 7.94. The summed E-state index contributed by atoms with van der Waals surface area (Å²) >= 11 is 0. The maximum atomic E-state index is 13.2. The Kier molecular flexibility index (Phi) is 5.78. The van der Waals surface area contributed by atoms with Crippen LogP contribution in [-0.2, 0) is 4.79 Å². The van der Waals surface area contributed by atoms with Crippen LogP contribution in [0.5, 0.6) is 0 Å². The zero-order chi connectivity index (χ0) is 19.4. The van der Waals surface area contributed by atoms with Gasteiger partial charge in [-0.3, -0.25) is 14.5 Å². The summed E-state index contributed by atoms with van der Waals surface area (Å²) in [5.74, 6) is 0.0156. The smallest absolute Gasteiger partial charge is 0.231 e. The lowest BCUT2D eigenvalue weighted by molar-refractivity contribution is -0.131. The minimum Gasteiger partial charge on any atom is -0.370 e. The summed E-state index contributed by atoms with van der Waals surface area (Å²) in [6.45, 7) is 5.72. The zero-order valence-corrected chi connectivity index (χ0v) is 16.1. The fraction of sp³-hybridized carbons (Fsp3) is 0.455. The number of fused-ring (bicyclic) bond motifs is 1. The van der Waals surface area contributed by atoms with Crippen molar-refractivity contribution in [1.82, 2.24) is 10.2 Å². The first kappa shape index (κ1) is 19.3. The van der Waals surface area contributed by atoms with Gasteiger partial charge in [-0.05, 0) is 37.1 Å². The molecule has 1 amide bonds. The Morgan fingerprint density at radius 1 is 1.19 bits per heavy atom. The number of benzene rings is 1. The Balaban J connectivity index is 1.97. The second kappa shape index (κ2) is 8.07. The van der Waals surface area contributed by atoms with Crippen molar-refractivity contribution in [3.8, 4) is 0 Å². The summed E-state index contributed by atoms with van der Waals surface area (Å²) in [7, 11) is 0. The quantitative estimate of drug-likeness (QED) is 0.764. The summed E-state index contributed by atoms with van der Waals surface area (Å²) in [5, 5.41) is 3.40. The first-order valence-electron chi connectivity index (χ1n) is 9.75. The molecule has 0 spiro atoms. The Hall–Kier alpha value is -2.43. The fourth-order valence-electron chi connectivity index (χ4n) is 4.22. The molecule has 0 radical (unpaired) electrons. The van der Waals surface area contributed by atoms with Crippen molar-refractivity contribution in [3.05, 3.63) is 59.2 Å². The number of nitrogens with zero attached hydrogens (tertiary/aromatic N) is 1. The maximum Gasteiger partial charge on any atom is 0.231 e. The number of nitrogens with one attached hydrogen (secondary N) is 1. The first-order valence-corrected chi connectivity index (χ1v) is 9.75. The molecule has 1 fully saturated rings. The fourth-order valence-corrected chi connectivity index (χ4v) is 4.22. The number of Topliss-reactive ketones (excluding diaryl/α,β-unsaturated/α-hetero) is 1. The van der Waals surface area contributed by atoms with Crippen molar-refractivity contribution in [1.29, 1.82) is 0 Å². The summed E-state index contributed by atoms with van der Waals surface area (Å²) in [6, 6.07) is 5.53. The van der Waals surface area contributed by atoms with Gasteiger partial charge in [0.15, 0.2) is 5.78 Å². The summed E-state index contributed by atoms with van der Waals surface area (Å²) in [5.41, 5.74) is 0.921. The number of allylic oxidation sites excluding steroid dienone is 2. The van der Waals surface area contributed by atoms with Gasteiger partial charge in [0.25, 0.3) is 0 Å². The van der Waals surface area contributed by atoms with E-state index in [0.717, 1.165) is 32.2 Å². The Bertz CT molecular complexity index is 774. The van der Waals surface area contributed by atoms with Gasteiger partial charge in [0.2, 0.25) is 5.91 Å². The monoisotopic (exact) mass is 370 g/mol. The van der Waals surface area contributed by atoms with Crippen molar-refractivity contribution < 1.29 is 14.0 Å². The minimum absolute atomic E-state index is 0.00642. The summed E-state index contributed by atoms with van der Waals surface area (Å²) < 4.78 is 13.2.